The number of halogens is 1. The van der Waals surface area contributed by atoms with Crippen molar-refractivity contribution in [2.45, 2.75) is 32.9 Å². The van der Waals surface area contributed by atoms with E-state index in [1.807, 2.05) is 26.0 Å². The van der Waals surface area contributed by atoms with Gasteiger partial charge in [0.15, 0.2) is 0 Å². The van der Waals surface area contributed by atoms with E-state index >= 15 is 0 Å². The van der Waals surface area contributed by atoms with Gasteiger partial charge in [-0.2, -0.15) is 0 Å². The summed E-state index contributed by atoms with van der Waals surface area (Å²) >= 11 is 6.37. The minimum Gasteiger partial charge on any atom is -0.492 e. The SMILES string of the molecule is CC(C)NC(=O)Cn1c(-c2ccccc2Cl)cn2cc(OCCCO)cc2c1=O. The lowest BCUT2D eigenvalue weighted by Crippen LogP contribution is -2.36. The molecule has 3 rings (SSSR count). The molecule has 0 saturated carbocycles. The van der Waals surface area contributed by atoms with E-state index in [1.54, 1.807) is 35.0 Å². The van der Waals surface area contributed by atoms with Crippen LogP contribution in [0.25, 0.3) is 16.8 Å². The van der Waals surface area contributed by atoms with E-state index in [1.165, 1.54) is 4.57 Å². The van der Waals surface area contributed by atoms with Crippen LogP contribution in [-0.4, -0.2) is 39.2 Å². The minimum atomic E-state index is -0.321. The van der Waals surface area contributed by atoms with E-state index in [0.29, 0.717) is 40.6 Å². The Morgan fingerprint density at radius 3 is 2.72 bits per heavy atom. The molecule has 0 aliphatic rings. The Hall–Kier alpha value is -2.77. The summed E-state index contributed by atoms with van der Waals surface area (Å²) in [5.74, 6) is 0.260. The number of amides is 1. The zero-order valence-electron chi connectivity index (χ0n) is 16.4. The molecule has 1 amide bonds. The molecule has 0 fully saturated rings. The van der Waals surface area contributed by atoms with Crippen LogP contribution < -0.4 is 15.6 Å². The maximum Gasteiger partial charge on any atom is 0.275 e. The molecule has 154 valence electrons. The highest BCUT2D eigenvalue weighted by Gasteiger charge is 2.17. The van der Waals surface area contributed by atoms with Crippen molar-refractivity contribution >= 4 is 23.0 Å². The monoisotopic (exact) mass is 417 g/mol. The third-order valence-corrected chi connectivity index (χ3v) is 4.64. The van der Waals surface area contributed by atoms with Crippen molar-refractivity contribution in [1.82, 2.24) is 14.3 Å². The molecule has 0 radical (unpaired) electrons. The Labute approximate surface area is 173 Å². The minimum absolute atomic E-state index is 0.0296. The van der Waals surface area contributed by atoms with E-state index in [4.69, 9.17) is 21.4 Å². The molecule has 3 aromatic rings. The predicted octanol–water partition coefficient (Wildman–Crippen LogP) is 2.71. The number of aliphatic hydroxyl groups is 1. The van der Waals surface area contributed by atoms with Crippen LogP contribution in [0.2, 0.25) is 5.02 Å². The molecule has 0 atom stereocenters. The summed E-state index contributed by atoms with van der Waals surface area (Å²) in [5.41, 5.74) is 1.25. The summed E-state index contributed by atoms with van der Waals surface area (Å²) in [7, 11) is 0. The highest BCUT2D eigenvalue weighted by molar-refractivity contribution is 6.33. The number of ether oxygens (including phenoxy) is 1. The van der Waals surface area contributed by atoms with Gasteiger partial charge in [-0.1, -0.05) is 29.8 Å². The van der Waals surface area contributed by atoms with Crippen molar-refractivity contribution in [3.8, 4) is 17.0 Å². The summed E-state index contributed by atoms with van der Waals surface area (Å²) < 4.78 is 8.69. The first kappa shape index (κ1) is 21.0. The van der Waals surface area contributed by atoms with Gasteiger partial charge in [0.25, 0.3) is 5.56 Å². The average molecular weight is 418 g/mol. The van der Waals surface area contributed by atoms with Crippen molar-refractivity contribution in [3.63, 3.8) is 0 Å². The van der Waals surface area contributed by atoms with Crippen LogP contribution in [0.5, 0.6) is 5.75 Å². The maximum atomic E-state index is 13.2. The summed E-state index contributed by atoms with van der Waals surface area (Å²) in [5, 5.41) is 12.2. The number of nitrogens with one attached hydrogen (secondary N) is 1. The third-order valence-electron chi connectivity index (χ3n) is 4.31. The zero-order valence-corrected chi connectivity index (χ0v) is 17.1. The number of benzene rings is 1. The number of hydrogen-bond donors (Lipinski definition) is 2. The largest absolute Gasteiger partial charge is 0.492 e. The fourth-order valence-corrected chi connectivity index (χ4v) is 3.30. The lowest BCUT2D eigenvalue weighted by Gasteiger charge is -2.16. The van der Waals surface area contributed by atoms with Gasteiger partial charge in [-0.05, 0) is 19.9 Å². The molecule has 2 N–H and O–H groups in total. The van der Waals surface area contributed by atoms with Crippen molar-refractivity contribution in [2.75, 3.05) is 13.2 Å². The molecule has 2 heterocycles. The lowest BCUT2D eigenvalue weighted by atomic mass is 10.1. The van der Waals surface area contributed by atoms with E-state index < -0.39 is 0 Å². The van der Waals surface area contributed by atoms with Gasteiger partial charge in [0.05, 0.1) is 18.5 Å². The fraction of sp³-hybridized carbons (Fsp3) is 0.333. The van der Waals surface area contributed by atoms with Crippen LogP contribution in [0.1, 0.15) is 20.3 Å². The number of hydrogen-bond acceptors (Lipinski definition) is 4. The third kappa shape index (κ3) is 4.81. The smallest absolute Gasteiger partial charge is 0.275 e. The topological polar surface area (TPSA) is 85.0 Å². The predicted molar refractivity (Wildman–Crippen MR) is 113 cm³/mol. The normalized spacial score (nSPS) is 11.2. The summed E-state index contributed by atoms with van der Waals surface area (Å²) in [6.45, 7) is 3.97. The second kappa shape index (κ2) is 9.15. The van der Waals surface area contributed by atoms with Crippen molar-refractivity contribution < 1.29 is 14.6 Å². The number of carbonyl (C=O) groups is 1. The van der Waals surface area contributed by atoms with E-state index in [9.17, 15) is 9.59 Å². The molecule has 8 heteroatoms. The van der Waals surface area contributed by atoms with Gasteiger partial charge in [0.2, 0.25) is 5.91 Å². The fourth-order valence-electron chi connectivity index (χ4n) is 3.07. The van der Waals surface area contributed by atoms with Crippen molar-refractivity contribution in [2.24, 2.45) is 0 Å². The van der Waals surface area contributed by atoms with Gasteiger partial charge >= 0.3 is 0 Å². The summed E-state index contributed by atoms with van der Waals surface area (Å²) in [6.07, 6.45) is 3.96. The summed E-state index contributed by atoms with van der Waals surface area (Å²) in [4.78, 5) is 25.6. The molecular formula is C21H24ClN3O4. The van der Waals surface area contributed by atoms with Crippen molar-refractivity contribution in [3.05, 3.63) is 58.1 Å². The van der Waals surface area contributed by atoms with Crippen LogP contribution in [-0.2, 0) is 11.3 Å². The number of nitrogens with zero attached hydrogens (tertiary/aromatic N) is 2. The first-order valence-corrected chi connectivity index (χ1v) is 9.82. The molecule has 0 aliphatic carbocycles. The van der Waals surface area contributed by atoms with E-state index in [2.05, 4.69) is 5.32 Å². The maximum absolute atomic E-state index is 13.2. The molecule has 2 aromatic heterocycles. The van der Waals surface area contributed by atoms with Crippen LogP contribution >= 0.6 is 11.6 Å². The molecule has 1 aromatic carbocycles. The lowest BCUT2D eigenvalue weighted by molar-refractivity contribution is -0.122. The second-order valence-corrected chi connectivity index (χ2v) is 7.41. The first-order chi connectivity index (χ1) is 13.9. The van der Waals surface area contributed by atoms with Crippen LogP contribution in [0.3, 0.4) is 0 Å². The van der Waals surface area contributed by atoms with Gasteiger partial charge < -0.3 is 19.6 Å². The quantitative estimate of drug-likeness (QED) is 0.552. The molecule has 0 aliphatic heterocycles. The zero-order chi connectivity index (χ0) is 21.0. The van der Waals surface area contributed by atoms with Crippen molar-refractivity contribution in [1.29, 1.82) is 0 Å². The van der Waals surface area contributed by atoms with Gasteiger partial charge in [0, 0.05) is 41.9 Å². The number of fused-ring (bicyclic) bond motifs is 1. The number of rotatable bonds is 8. The standard InChI is InChI=1S/C21H24ClN3O4/c1-14(2)23-20(27)13-25-19(16-6-3-4-7-17(16)22)12-24-11-15(29-9-5-8-26)10-18(24)21(25)28/h3-4,6-7,10-12,14,26H,5,8-9,13H2,1-2H3,(H,23,27). The van der Waals surface area contributed by atoms with Crippen LogP contribution in [0.15, 0.2) is 47.5 Å². The molecule has 0 unspecified atom stereocenters. The van der Waals surface area contributed by atoms with Gasteiger partial charge in [-0.15, -0.1) is 0 Å². The first-order valence-electron chi connectivity index (χ1n) is 9.44. The second-order valence-electron chi connectivity index (χ2n) is 7.00. The number of aromatic nitrogens is 2. The molecule has 29 heavy (non-hydrogen) atoms. The number of carbonyl (C=O) groups excluding carboxylic acids is 1. The van der Waals surface area contributed by atoms with E-state index in [0.717, 1.165) is 0 Å². The van der Waals surface area contributed by atoms with Gasteiger partial charge in [0.1, 0.15) is 17.8 Å². The Balaban J connectivity index is 2.12. The Morgan fingerprint density at radius 1 is 1.28 bits per heavy atom. The molecule has 0 saturated heterocycles. The Kier molecular flexibility index (Phi) is 6.61. The molecular weight excluding hydrogens is 394 g/mol. The summed E-state index contributed by atoms with van der Waals surface area (Å²) in [6, 6.07) is 8.78. The van der Waals surface area contributed by atoms with E-state index in [-0.39, 0.29) is 30.7 Å². The molecule has 0 spiro atoms. The van der Waals surface area contributed by atoms with Crippen LogP contribution in [0, 0.1) is 0 Å². The highest BCUT2D eigenvalue weighted by atomic mass is 35.5. The van der Waals surface area contributed by atoms with Crippen LogP contribution in [0.4, 0.5) is 0 Å². The average Bonchev–Trinajstić information content (AvgIpc) is 3.07. The Morgan fingerprint density at radius 2 is 2.03 bits per heavy atom. The highest BCUT2D eigenvalue weighted by Crippen LogP contribution is 2.28. The molecule has 0 bridgehead atoms. The molecule has 7 nitrogen and oxygen atoms in total. The van der Waals surface area contributed by atoms with Gasteiger partial charge in [-0.25, -0.2) is 0 Å². The van der Waals surface area contributed by atoms with Gasteiger partial charge in [-0.3, -0.25) is 14.2 Å². The number of aliphatic hydroxyl groups excluding tert-OH is 1. The Bertz CT molecular complexity index is 1070.